The van der Waals surface area contributed by atoms with Gasteiger partial charge in [-0.1, -0.05) is 12.8 Å². The molecule has 0 saturated heterocycles. The van der Waals surface area contributed by atoms with Crippen molar-refractivity contribution in [3.63, 3.8) is 0 Å². The van der Waals surface area contributed by atoms with Crippen molar-refractivity contribution < 1.29 is 4.74 Å². The molecule has 7 heteroatoms. The summed E-state index contributed by atoms with van der Waals surface area (Å²) in [6.07, 6.45) is 9.82. The number of hydrogen-bond donors (Lipinski definition) is 2. The molecule has 2 N–H and O–H groups in total. The van der Waals surface area contributed by atoms with E-state index in [9.17, 15) is 0 Å². The van der Waals surface area contributed by atoms with Gasteiger partial charge in [-0.3, -0.25) is 4.99 Å². The number of nitrogens with zero attached hydrogens (tertiary/aromatic N) is 2. The first-order valence-corrected chi connectivity index (χ1v) is 11.0. The molecule has 0 aliphatic heterocycles. The van der Waals surface area contributed by atoms with Crippen LogP contribution in [0.15, 0.2) is 10.4 Å². The monoisotopic (exact) mass is 508 g/mol. The van der Waals surface area contributed by atoms with Crippen LogP contribution < -0.4 is 10.6 Å². The zero-order valence-corrected chi connectivity index (χ0v) is 20.3. The lowest BCUT2D eigenvalue weighted by Gasteiger charge is -2.30. The molecule has 0 spiro atoms. The van der Waals surface area contributed by atoms with Crippen LogP contribution in [-0.2, 0) is 11.2 Å². The third kappa shape index (κ3) is 9.09. The van der Waals surface area contributed by atoms with E-state index in [2.05, 4.69) is 39.8 Å². The highest BCUT2D eigenvalue weighted by Crippen LogP contribution is 2.40. The highest BCUT2D eigenvalue weighted by Gasteiger charge is 2.33. The minimum absolute atomic E-state index is 0. The first-order chi connectivity index (χ1) is 12.7. The second-order valence-electron chi connectivity index (χ2n) is 7.35. The van der Waals surface area contributed by atoms with Crippen LogP contribution in [0.2, 0.25) is 0 Å². The Balaban J connectivity index is 0.00000364. The SMILES string of the molecule is CCOCCC1(CNC(=NC)NCCCCc2nc(C)cs2)CCCC1.I. The molecule has 0 bridgehead atoms. The molecule has 0 unspecified atom stereocenters. The topological polar surface area (TPSA) is 58.5 Å². The maximum Gasteiger partial charge on any atom is 0.190 e. The molecule has 0 atom stereocenters. The first kappa shape index (κ1) is 24.6. The van der Waals surface area contributed by atoms with Crippen molar-refractivity contribution in [1.29, 1.82) is 0 Å². The van der Waals surface area contributed by atoms with Gasteiger partial charge in [-0.05, 0) is 57.8 Å². The molecule has 5 nitrogen and oxygen atoms in total. The Morgan fingerprint density at radius 3 is 2.70 bits per heavy atom. The molecule has 1 aliphatic carbocycles. The molecule has 0 aromatic carbocycles. The summed E-state index contributed by atoms with van der Waals surface area (Å²) in [5.74, 6) is 0.928. The summed E-state index contributed by atoms with van der Waals surface area (Å²) in [6, 6.07) is 0. The Labute approximate surface area is 186 Å². The molecular weight excluding hydrogens is 471 g/mol. The number of unbranched alkanes of at least 4 members (excludes halogenated alkanes) is 1. The predicted octanol–water partition coefficient (Wildman–Crippen LogP) is 4.54. The highest BCUT2D eigenvalue weighted by molar-refractivity contribution is 14.0. The van der Waals surface area contributed by atoms with E-state index in [0.717, 1.165) is 63.6 Å². The van der Waals surface area contributed by atoms with E-state index in [1.807, 2.05) is 7.05 Å². The number of rotatable bonds is 11. The number of aryl methyl sites for hydroxylation is 2. The maximum absolute atomic E-state index is 5.61. The van der Waals surface area contributed by atoms with Gasteiger partial charge in [-0.25, -0.2) is 4.98 Å². The number of halogens is 1. The van der Waals surface area contributed by atoms with Crippen LogP contribution in [-0.4, -0.2) is 44.3 Å². The van der Waals surface area contributed by atoms with E-state index in [1.165, 1.54) is 30.7 Å². The van der Waals surface area contributed by atoms with E-state index in [1.54, 1.807) is 11.3 Å². The Hall–Kier alpha value is -0.410. The lowest BCUT2D eigenvalue weighted by atomic mass is 9.83. The van der Waals surface area contributed by atoms with Gasteiger partial charge in [0.1, 0.15) is 0 Å². The molecule has 1 aromatic heterocycles. The lowest BCUT2D eigenvalue weighted by Crippen LogP contribution is -2.43. The molecule has 1 fully saturated rings. The number of guanidine groups is 1. The minimum Gasteiger partial charge on any atom is -0.382 e. The number of ether oxygens (including phenoxy) is 1. The average molecular weight is 509 g/mol. The summed E-state index contributed by atoms with van der Waals surface area (Å²) in [6.45, 7) is 7.77. The van der Waals surface area contributed by atoms with E-state index in [-0.39, 0.29) is 24.0 Å². The van der Waals surface area contributed by atoms with Crippen molar-refractivity contribution >= 4 is 41.3 Å². The van der Waals surface area contributed by atoms with Gasteiger partial charge >= 0.3 is 0 Å². The molecule has 27 heavy (non-hydrogen) atoms. The van der Waals surface area contributed by atoms with Crippen molar-refractivity contribution in [3.8, 4) is 0 Å². The van der Waals surface area contributed by atoms with Crippen molar-refractivity contribution in [3.05, 3.63) is 16.1 Å². The quantitative estimate of drug-likeness (QED) is 0.199. The summed E-state index contributed by atoms with van der Waals surface area (Å²) >= 11 is 1.77. The summed E-state index contributed by atoms with van der Waals surface area (Å²) in [5.41, 5.74) is 1.52. The van der Waals surface area contributed by atoms with Gasteiger partial charge in [0.2, 0.25) is 0 Å². The second kappa shape index (κ2) is 13.7. The molecule has 1 saturated carbocycles. The third-order valence-electron chi connectivity index (χ3n) is 5.28. The first-order valence-electron chi connectivity index (χ1n) is 10.1. The number of thiazole rings is 1. The van der Waals surface area contributed by atoms with Gasteiger partial charge in [-0.15, -0.1) is 35.3 Å². The van der Waals surface area contributed by atoms with Gasteiger partial charge in [0.15, 0.2) is 5.96 Å². The number of nitrogens with one attached hydrogen (secondary N) is 2. The van der Waals surface area contributed by atoms with Crippen molar-refractivity contribution in [1.82, 2.24) is 15.6 Å². The normalized spacial score (nSPS) is 16.2. The average Bonchev–Trinajstić information content (AvgIpc) is 3.27. The van der Waals surface area contributed by atoms with E-state index >= 15 is 0 Å². The van der Waals surface area contributed by atoms with Gasteiger partial charge in [0.25, 0.3) is 0 Å². The van der Waals surface area contributed by atoms with Gasteiger partial charge in [-0.2, -0.15) is 0 Å². The Morgan fingerprint density at radius 1 is 1.30 bits per heavy atom. The van der Waals surface area contributed by atoms with Crippen LogP contribution in [0, 0.1) is 12.3 Å². The molecule has 156 valence electrons. The lowest BCUT2D eigenvalue weighted by molar-refractivity contribution is 0.105. The summed E-state index contributed by atoms with van der Waals surface area (Å²) in [5, 5.41) is 10.4. The fourth-order valence-electron chi connectivity index (χ4n) is 3.69. The summed E-state index contributed by atoms with van der Waals surface area (Å²) in [7, 11) is 1.86. The van der Waals surface area contributed by atoms with Crippen LogP contribution in [0.1, 0.15) is 62.6 Å². The Morgan fingerprint density at radius 2 is 2.07 bits per heavy atom. The fourth-order valence-corrected chi connectivity index (χ4v) is 4.51. The molecule has 1 aliphatic rings. The Kier molecular flexibility index (Phi) is 12.5. The van der Waals surface area contributed by atoms with Crippen LogP contribution >= 0.6 is 35.3 Å². The van der Waals surface area contributed by atoms with E-state index < -0.39 is 0 Å². The van der Waals surface area contributed by atoms with Crippen LogP contribution in [0.3, 0.4) is 0 Å². The van der Waals surface area contributed by atoms with Crippen molar-refractivity contribution in [2.75, 3.05) is 33.4 Å². The molecule has 0 radical (unpaired) electrons. The van der Waals surface area contributed by atoms with Crippen LogP contribution in [0.4, 0.5) is 0 Å². The van der Waals surface area contributed by atoms with E-state index in [4.69, 9.17) is 4.74 Å². The fraction of sp³-hybridized carbons (Fsp3) is 0.800. The van der Waals surface area contributed by atoms with Gasteiger partial charge in [0, 0.05) is 44.4 Å². The second-order valence-corrected chi connectivity index (χ2v) is 8.29. The smallest absolute Gasteiger partial charge is 0.190 e. The molecule has 1 aromatic rings. The summed E-state index contributed by atoms with van der Waals surface area (Å²) in [4.78, 5) is 8.91. The standard InChI is InChI=1S/C20H36N4OS.HI/c1-4-25-14-12-20(10-6-7-11-20)16-23-19(21-3)22-13-8-5-9-18-24-17(2)15-26-18;/h15H,4-14,16H2,1-3H3,(H2,21,22,23);1H. The minimum atomic E-state index is 0. The number of hydrogen-bond acceptors (Lipinski definition) is 4. The molecule has 1 heterocycles. The van der Waals surface area contributed by atoms with Crippen LogP contribution in [0.5, 0.6) is 0 Å². The van der Waals surface area contributed by atoms with Crippen molar-refractivity contribution in [2.24, 2.45) is 10.4 Å². The van der Waals surface area contributed by atoms with Gasteiger partial charge < -0.3 is 15.4 Å². The zero-order valence-electron chi connectivity index (χ0n) is 17.2. The third-order valence-corrected chi connectivity index (χ3v) is 6.30. The van der Waals surface area contributed by atoms with E-state index in [0.29, 0.717) is 5.41 Å². The number of aliphatic imine (C=N–C) groups is 1. The summed E-state index contributed by atoms with van der Waals surface area (Å²) < 4.78 is 5.61. The molecule has 0 amide bonds. The van der Waals surface area contributed by atoms with Crippen molar-refractivity contribution in [2.45, 2.75) is 65.2 Å². The maximum atomic E-state index is 5.61. The number of aromatic nitrogens is 1. The zero-order chi connectivity index (χ0) is 18.7. The van der Waals surface area contributed by atoms with Gasteiger partial charge in [0.05, 0.1) is 5.01 Å². The van der Waals surface area contributed by atoms with Crippen LogP contribution in [0.25, 0.3) is 0 Å². The molecule has 2 rings (SSSR count). The molecular formula is C20H37IN4OS. The largest absolute Gasteiger partial charge is 0.382 e. The predicted molar refractivity (Wildman–Crippen MR) is 127 cm³/mol. The Bertz CT molecular complexity index is 544. The highest BCUT2D eigenvalue weighted by atomic mass is 127.